The highest BCUT2D eigenvalue weighted by molar-refractivity contribution is 6.06. The molecule has 1 aromatic carbocycles. The van der Waals surface area contributed by atoms with Crippen molar-refractivity contribution in [3.05, 3.63) is 41.1 Å². The summed E-state index contributed by atoms with van der Waals surface area (Å²) in [4.78, 5) is 20.0. The summed E-state index contributed by atoms with van der Waals surface area (Å²) in [6.07, 6.45) is 3.82. The molecule has 2 aliphatic rings. The van der Waals surface area contributed by atoms with Gasteiger partial charge in [0.2, 0.25) is 0 Å². The number of aliphatic hydroxyl groups excluding tert-OH is 1. The molecule has 1 aliphatic carbocycles. The number of aliphatic hydroxyl groups is 1. The minimum Gasteiger partial charge on any atom is -0.393 e. The van der Waals surface area contributed by atoms with Crippen molar-refractivity contribution < 1.29 is 9.90 Å². The van der Waals surface area contributed by atoms with Crippen LogP contribution in [0.4, 0.5) is 0 Å². The van der Waals surface area contributed by atoms with Crippen LogP contribution >= 0.6 is 0 Å². The Labute approximate surface area is 148 Å². The molecule has 1 N–H and O–H groups in total. The van der Waals surface area contributed by atoms with Gasteiger partial charge < -0.3 is 10.0 Å². The number of fused-ring (bicyclic) bond motifs is 1. The highest BCUT2D eigenvalue weighted by Gasteiger charge is 2.30. The minimum atomic E-state index is -0.289. The lowest BCUT2D eigenvalue weighted by molar-refractivity contribution is 0.0523. The lowest BCUT2D eigenvalue weighted by Gasteiger charge is -2.33. The van der Waals surface area contributed by atoms with Crippen LogP contribution in [0.5, 0.6) is 0 Å². The molecule has 132 valence electrons. The molecule has 2 aromatic rings. The van der Waals surface area contributed by atoms with Gasteiger partial charge in [-0.1, -0.05) is 11.6 Å². The van der Waals surface area contributed by atoms with E-state index in [0.29, 0.717) is 11.8 Å². The van der Waals surface area contributed by atoms with Gasteiger partial charge in [-0.2, -0.15) is 0 Å². The Morgan fingerprint density at radius 3 is 2.56 bits per heavy atom. The lowest BCUT2D eigenvalue weighted by atomic mass is 9.91. The van der Waals surface area contributed by atoms with Crippen LogP contribution in [0.1, 0.15) is 60.1 Å². The second-order valence-electron chi connectivity index (χ2n) is 7.76. The van der Waals surface area contributed by atoms with E-state index in [2.05, 4.69) is 19.1 Å². The molecule has 1 saturated heterocycles. The van der Waals surface area contributed by atoms with Crippen LogP contribution in [0.25, 0.3) is 10.9 Å². The second-order valence-corrected chi connectivity index (χ2v) is 7.76. The maximum absolute atomic E-state index is 13.2. The summed E-state index contributed by atoms with van der Waals surface area (Å²) < 4.78 is 0. The lowest BCUT2D eigenvalue weighted by Crippen LogP contribution is -2.40. The number of carbonyl (C=O) groups excluding carboxylic acids is 1. The Balaban J connectivity index is 1.67. The Bertz CT molecular complexity index is 803. The fraction of sp³-hybridized carbons (Fsp3) is 0.524. The van der Waals surface area contributed by atoms with Gasteiger partial charge in [0.05, 0.1) is 17.2 Å². The van der Waals surface area contributed by atoms with E-state index >= 15 is 0 Å². The van der Waals surface area contributed by atoms with Gasteiger partial charge >= 0.3 is 0 Å². The summed E-state index contributed by atoms with van der Waals surface area (Å²) in [5, 5.41) is 10.7. The zero-order valence-electron chi connectivity index (χ0n) is 15.0. The highest BCUT2D eigenvalue weighted by Crippen LogP contribution is 2.40. The quantitative estimate of drug-likeness (QED) is 0.929. The predicted molar refractivity (Wildman–Crippen MR) is 98.8 cm³/mol. The number of pyridine rings is 1. The van der Waals surface area contributed by atoms with Crippen LogP contribution in [0.2, 0.25) is 0 Å². The van der Waals surface area contributed by atoms with Gasteiger partial charge in [0, 0.05) is 30.1 Å². The van der Waals surface area contributed by atoms with Crippen molar-refractivity contribution in [3.63, 3.8) is 0 Å². The normalized spacial score (nSPS) is 20.0. The van der Waals surface area contributed by atoms with E-state index in [1.165, 1.54) is 12.8 Å². The highest BCUT2D eigenvalue weighted by atomic mass is 16.3. The van der Waals surface area contributed by atoms with Gasteiger partial charge in [0.25, 0.3) is 5.91 Å². The molecule has 2 fully saturated rings. The molecule has 1 unspecified atom stereocenters. The number of nitrogens with zero attached hydrogens (tertiary/aromatic N) is 2. The van der Waals surface area contributed by atoms with Crippen molar-refractivity contribution in [3.8, 4) is 0 Å². The van der Waals surface area contributed by atoms with E-state index < -0.39 is 0 Å². The standard InChI is InChI=1S/C21H26N2O2/c1-13-3-6-19-17(11-13)18(12-20(22-19)16-4-5-16)21(25)23-9-7-15(8-10-23)14(2)24/h3,6,11-12,14-16,24H,4-5,7-10H2,1-2H3. The summed E-state index contributed by atoms with van der Waals surface area (Å²) in [6.45, 7) is 5.35. The number of hydrogen-bond acceptors (Lipinski definition) is 3. The van der Waals surface area contributed by atoms with Crippen LogP contribution in [0, 0.1) is 12.8 Å². The molecule has 2 heterocycles. The van der Waals surface area contributed by atoms with E-state index in [0.717, 1.165) is 53.7 Å². The van der Waals surface area contributed by atoms with Gasteiger partial charge in [-0.15, -0.1) is 0 Å². The van der Waals surface area contributed by atoms with E-state index in [-0.39, 0.29) is 12.0 Å². The fourth-order valence-corrected chi connectivity index (χ4v) is 3.88. The van der Waals surface area contributed by atoms with Crippen LogP contribution in [-0.2, 0) is 0 Å². The number of aryl methyl sites for hydroxylation is 1. The zero-order chi connectivity index (χ0) is 17.6. The van der Waals surface area contributed by atoms with Crippen molar-refractivity contribution in [1.29, 1.82) is 0 Å². The molecule has 0 spiro atoms. The van der Waals surface area contributed by atoms with Gasteiger partial charge in [-0.3, -0.25) is 9.78 Å². The van der Waals surface area contributed by atoms with Crippen LogP contribution < -0.4 is 0 Å². The molecule has 1 amide bonds. The Morgan fingerprint density at radius 1 is 1.20 bits per heavy atom. The first-order valence-corrected chi connectivity index (χ1v) is 9.41. The molecule has 4 heteroatoms. The third kappa shape index (κ3) is 3.28. The SMILES string of the molecule is Cc1ccc2nc(C3CC3)cc(C(=O)N3CCC(C(C)O)CC3)c2c1. The molecular formula is C21H26N2O2. The number of likely N-dealkylation sites (tertiary alicyclic amines) is 1. The monoisotopic (exact) mass is 338 g/mol. The van der Waals surface area contributed by atoms with E-state index in [1.54, 1.807) is 0 Å². The Hall–Kier alpha value is -1.94. The average Bonchev–Trinajstić information content (AvgIpc) is 3.45. The van der Waals surface area contributed by atoms with Gasteiger partial charge in [-0.25, -0.2) is 0 Å². The third-order valence-corrected chi connectivity index (χ3v) is 5.72. The molecule has 0 bridgehead atoms. The number of benzene rings is 1. The van der Waals surface area contributed by atoms with Crippen LogP contribution in [0.3, 0.4) is 0 Å². The van der Waals surface area contributed by atoms with Crippen molar-refractivity contribution >= 4 is 16.8 Å². The zero-order valence-corrected chi connectivity index (χ0v) is 15.0. The Morgan fingerprint density at radius 2 is 1.92 bits per heavy atom. The van der Waals surface area contributed by atoms with E-state index in [4.69, 9.17) is 4.98 Å². The molecule has 25 heavy (non-hydrogen) atoms. The number of carbonyl (C=O) groups is 1. The van der Waals surface area contributed by atoms with Crippen LogP contribution in [-0.4, -0.2) is 40.1 Å². The van der Waals surface area contributed by atoms with Crippen molar-refractivity contribution in [2.24, 2.45) is 5.92 Å². The molecule has 1 atom stereocenters. The topological polar surface area (TPSA) is 53.4 Å². The molecule has 0 radical (unpaired) electrons. The van der Waals surface area contributed by atoms with E-state index in [9.17, 15) is 9.90 Å². The number of aromatic nitrogens is 1. The summed E-state index contributed by atoms with van der Waals surface area (Å²) in [6, 6.07) is 8.21. The van der Waals surface area contributed by atoms with Crippen molar-refractivity contribution in [1.82, 2.24) is 9.88 Å². The van der Waals surface area contributed by atoms with Gasteiger partial charge in [-0.05, 0) is 63.6 Å². The summed E-state index contributed by atoms with van der Waals surface area (Å²) >= 11 is 0. The number of piperidine rings is 1. The maximum atomic E-state index is 13.2. The number of hydrogen-bond donors (Lipinski definition) is 1. The largest absolute Gasteiger partial charge is 0.393 e. The van der Waals surface area contributed by atoms with Gasteiger partial charge in [0.15, 0.2) is 0 Å². The second kappa shape index (κ2) is 6.41. The summed E-state index contributed by atoms with van der Waals surface area (Å²) in [5.74, 6) is 0.949. The van der Waals surface area contributed by atoms with Crippen molar-refractivity contribution in [2.75, 3.05) is 13.1 Å². The third-order valence-electron chi connectivity index (χ3n) is 5.72. The molecule has 4 rings (SSSR count). The van der Waals surface area contributed by atoms with Gasteiger partial charge in [0.1, 0.15) is 0 Å². The molecule has 1 aromatic heterocycles. The summed E-state index contributed by atoms with van der Waals surface area (Å²) in [7, 11) is 0. The molecule has 4 nitrogen and oxygen atoms in total. The smallest absolute Gasteiger partial charge is 0.254 e. The first-order valence-electron chi connectivity index (χ1n) is 9.41. The van der Waals surface area contributed by atoms with Crippen molar-refractivity contribution in [2.45, 2.75) is 51.6 Å². The maximum Gasteiger partial charge on any atom is 0.254 e. The first kappa shape index (κ1) is 16.5. The molecular weight excluding hydrogens is 312 g/mol. The predicted octanol–water partition coefficient (Wildman–Crippen LogP) is 3.65. The Kier molecular flexibility index (Phi) is 4.24. The van der Waals surface area contributed by atoms with Crippen LogP contribution in [0.15, 0.2) is 24.3 Å². The number of amides is 1. The fourth-order valence-electron chi connectivity index (χ4n) is 3.88. The first-order chi connectivity index (χ1) is 12.0. The summed E-state index contributed by atoms with van der Waals surface area (Å²) in [5.41, 5.74) is 3.94. The minimum absolute atomic E-state index is 0.115. The average molecular weight is 338 g/mol. The molecule has 1 aliphatic heterocycles. The van der Waals surface area contributed by atoms with E-state index in [1.807, 2.05) is 24.0 Å². The number of rotatable bonds is 3. The molecule has 1 saturated carbocycles.